The number of aromatic nitrogens is 3. The second-order valence-electron chi connectivity index (χ2n) is 4.46. The Morgan fingerprint density at radius 1 is 1.37 bits per heavy atom. The summed E-state index contributed by atoms with van der Waals surface area (Å²) in [6.07, 6.45) is 6.96. The summed E-state index contributed by atoms with van der Waals surface area (Å²) in [5, 5.41) is 12.2. The zero-order valence-electron chi connectivity index (χ0n) is 11.3. The van der Waals surface area contributed by atoms with Crippen molar-refractivity contribution in [3.63, 3.8) is 0 Å². The van der Waals surface area contributed by atoms with E-state index in [1.807, 2.05) is 49.7 Å². The van der Waals surface area contributed by atoms with Gasteiger partial charge in [0.1, 0.15) is 5.69 Å². The van der Waals surface area contributed by atoms with Gasteiger partial charge in [-0.3, -0.25) is 0 Å². The van der Waals surface area contributed by atoms with Gasteiger partial charge in [-0.15, -0.1) is 6.58 Å². The Balaban J connectivity index is 2.08. The van der Waals surface area contributed by atoms with E-state index in [-0.39, 0.29) is 6.04 Å². The van der Waals surface area contributed by atoms with E-state index in [2.05, 4.69) is 22.1 Å². The number of hydrogen-bond acceptors (Lipinski definition) is 3. The molecule has 0 aliphatic carbocycles. The van der Waals surface area contributed by atoms with Gasteiger partial charge in [-0.2, -0.15) is 15.0 Å². The number of unbranched alkanes of at least 4 members (excludes halogenated alkanes) is 1. The fraction of sp³-hybridized carbons (Fsp3) is 0.333. The molecule has 1 heterocycles. The molecule has 0 saturated heterocycles. The van der Waals surface area contributed by atoms with Crippen LogP contribution in [0.2, 0.25) is 0 Å². The van der Waals surface area contributed by atoms with E-state index in [4.69, 9.17) is 0 Å². The van der Waals surface area contributed by atoms with Gasteiger partial charge in [-0.05, 0) is 38.4 Å². The molecule has 100 valence electrons. The molecule has 0 amide bonds. The molecule has 0 radical (unpaired) electrons. The number of allylic oxidation sites excluding steroid dienone is 1. The predicted octanol–water partition coefficient (Wildman–Crippen LogP) is 2.88. The zero-order valence-corrected chi connectivity index (χ0v) is 11.3. The van der Waals surface area contributed by atoms with Crippen molar-refractivity contribution in [2.24, 2.45) is 0 Å². The van der Waals surface area contributed by atoms with Crippen molar-refractivity contribution >= 4 is 0 Å². The molecule has 0 saturated carbocycles. The maximum atomic E-state index is 4.55. The van der Waals surface area contributed by atoms with Gasteiger partial charge >= 0.3 is 0 Å². The van der Waals surface area contributed by atoms with Crippen LogP contribution in [0.1, 0.15) is 31.0 Å². The monoisotopic (exact) mass is 256 g/mol. The Morgan fingerprint density at radius 3 is 2.84 bits per heavy atom. The summed E-state index contributed by atoms with van der Waals surface area (Å²) in [4.78, 5) is 1.67. The van der Waals surface area contributed by atoms with E-state index in [1.165, 1.54) is 0 Å². The molecular formula is C15H20N4. The van der Waals surface area contributed by atoms with Crippen LogP contribution in [0, 0.1) is 0 Å². The van der Waals surface area contributed by atoms with Gasteiger partial charge in [0.05, 0.1) is 17.9 Å². The Kier molecular flexibility index (Phi) is 4.86. The summed E-state index contributed by atoms with van der Waals surface area (Å²) in [6, 6.07) is 10.2. The summed E-state index contributed by atoms with van der Waals surface area (Å²) in [5.74, 6) is 0. The summed E-state index contributed by atoms with van der Waals surface area (Å²) >= 11 is 0. The van der Waals surface area contributed by atoms with E-state index in [0.717, 1.165) is 30.6 Å². The molecule has 1 N–H and O–H groups in total. The van der Waals surface area contributed by atoms with Crippen LogP contribution in [-0.4, -0.2) is 22.0 Å². The van der Waals surface area contributed by atoms with Crippen molar-refractivity contribution in [3.05, 3.63) is 54.9 Å². The van der Waals surface area contributed by atoms with E-state index < -0.39 is 0 Å². The lowest BCUT2D eigenvalue weighted by Crippen LogP contribution is -2.17. The van der Waals surface area contributed by atoms with E-state index in [9.17, 15) is 0 Å². The van der Waals surface area contributed by atoms with Crippen LogP contribution in [0.4, 0.5) is 0 Å². The van der Waals surface area contributed by atoms with Gasteiger partial charge in [0.2, 0.25) is 0 Å². The Labute approximate surface area is 114 Å². The maximum Gasteiger partial charge on any atom is 0.100 e. The molecule has 1 unspecified atom stereocenters. The second kappa shape index (κ2) is 6.85. The first kappa shape index (κ1) is 13.5. The normalized spacial score (nSPS) is 12.3. The Morgan fingerprint density at radius 2 is 2.16 bits per heavy atom. The third kappa shape index (κ3) is 3.51. The third-order valence-electron chi connectivity index (χ3n) is 3.10. The van der Waals surface area contributed by atoms with E-state index in [1.54, 1.807) is 4.80 Å². The molecule has 19 heavy (non-hydrogen) atoms. The third-order valence-corrected chi connectivity index (χ3v) is 3.10. The average Bonchev–Trinajstić information content (AvgIpc) is 2.94. The number of benzene rings is 1. The van der Waals surface area contributed by atoms with Crippen LogP contribution in [0.5, 0.6) is 0 Å². The van der Waals surface area contributed by atoms with Gasteiger partial charge in [-0.1, -0.05) is 24.3 Å². The molecule has 1 aromatic carbocycles. The lowest BCUT2D eigenvalue weighted by atomic mass is 10.1. The Hall–Kier alpha value is -1.94. The molecule has 1 atom stereocenters. The predicted molar refractivity (Wildman–Crippen MR) is 77.2 cm³/mol. The van der Waals surface area contributed by atoms with Crippen molar-refractivity contribution in [1.82, 2.24) is 20.3 Å². The summed E-state index contributed by atoms with van der Waals surface area (Å²) in [7, 11) is 1.96. The number of hydrogen-bond donors (Lipinski definition) is 1. The number of rotatable bonds is 7. The van der Waals surface area contributed by atoms with Crippen LogP contribution in [0.15, 0.2) is 49.2 Å². The topological polar surface area (TPSA) is 42.7 Å². The Bertz CT molecular complexity index is 504. The van der Waals surface area contributed by atoms with Crippen LogP contribution in [0.3, 0.4) is 0 Å². The molecule has 0 aliphatic heterocycles. The molecule has 4 nitrogen and oxygen atoms in total. The highest BCUT2D eigenvalue weighted by atomic mass is 15.5. The van der Waals surface area contributed by atoms with Crippen LogP contribution < -0.4 is 5.32 Å². The fourth-order valence-corrected chi connectivity index (χ4v) is 2.03. The van der Waals surface area contributed by atoms with Crippen LogP contribution in [0.25, 0.3) is 5.69 Å². The lowest BCUT2D eigenvalue weighted by Gasteiger charge is -2.12. The number of para-hydroxylation sites is 1. The molecule has 0 bridgehead atoms. The van der Waals surface area contributed by atoms with Crippen LogP contribution >= 0.6 is 0 Å². The highest BCUT2D eigenvalue weighted by Gasteiger charge is 2.13. The van der Waals surface area contributed by atoms with Gasteiger partial charge in [0, 0.05) is 0 Å². The minimum absolute atomic E-state index is 0.248. The maximum absolute atomic E-state index is 4.55. The van der Waals surface area contributed by atoms with Gasteiger partial charge in [-0.25, -0.2) is 0 Å². The molecule has 2 aromatic rings. The minimum atomic E-state index is 0.248. The molecule has 2 rings (SSSR count). The van der Waals surface area contributed by atoms with Crippen molar-refractivity contribution in [3.8, 4) is 5.69 Å². The fourth-order valence-electron chi connectivity index (χ4n) is 2.03. The molecule has 0 aliphatic rings. The molecule has 0 spiro atoms. The first-order valence-corrected chi connectivity index (χ1v) is 6.61. The van der Waals surface area contributed by atoms with Crippen molar-refractivity contribution < 1.29 is 0 Å². The smallest absolute Gasteiger partial charge is 0.100 e. The highest BCUT2D eigenvalue weighted by molar-refractivity contribution is 5.28. The van der Waals surface area contributed by atoms with Gasteiger partial charge < -0.3 is 5.32 Å². The summed E-state index contributed by atoms with van der Waals surface area (Å²) in [6.45, 7) is 3.75. The van der Waals surface area contributed by atoms with Gasteiger partial charge in [0.25, 0.3) is 0 Å². The quantitative estimate of drug-likeness (QED) is 0.612. The average molecular weight is 256 g/mol. The molecule has 4 heteroatoms. The molecule has 0 fully saturated rings. The highest BCUT2D eigenvalue weighted by Crippen LogP contribution is 2.17. The standard InChI is InChI=1S/C15H20N4/c1-3-4-6-11-14(16-2)15-12-17-19(18-15)13-9-7-5-8-10-13/h3,5,7-10,12,14,16H,1,4,6,11H2,2H3. The summed E-state index contributed by atoms with van der Waals surface area (Å²) < 4.78 is 0. The van der Waals surface area contributed by atoms with Crippen molar-refractivity contribution in [2.75, 3.05) is 7.05 Å². The van der Waals surface area contributed by atoms with E-state index >= 15 is 0 Å². The summed E-state index contributed by atoms with van der Waals surface area (Å²) in [5.41, 5.74) is 1.96. The first-order chi connectivity index (χ1) is 9.35. The van der Waals surface area contributed by atoms with Gasteiger partial charge in [0.15, 0.2) is 0 Å². The number of nitrogens with one attached hydrogen (secondary N) is 1. The molecule has 1 aromatic heterocycles. The van der Waals surface area contributed by atoms with Crippen LogP contribution in [-0.2, 0) is 0 Å². The second-order valence-corrected chi connectivity index (χ2v) is 4.46. The van der Waals surface area contributed by atoms with Crippen molar-refractivity contribution in [2.45, 2.75) is 25.3 Å². The number of nitrogens with zero attached hydrogens (tertiary/aromatic N) is 3. The largest absolute Gasteiger partial charge is 0.312 e. The lowest BCUT2D eigenvalue weighted by molar-refractivity contribution is 0.513. The molecular weight excluding hydrogens is 236 g/mol. The van der Waals surface area contributed by atoms with Crippen molar-refractivity contribution in [1.29, 1.82) is 0 Å². The zero-order chi connectivity index (χ0) is 13.5. The SMILES string of the molecule is C=CCCCC(NC)c1cnn(-c2ccccc2)n1. The first-order valence-electron chi connectivity index (χ1n) is 6.61. The van der Waals surface area contributed by atoms with E-state index in [0.29, 0.717) is 0 Å². The minimum Gasteiger partial charge on any atom is -0.312 e.